The van der Waals surface area contributed by atoms with Gasteiger partial charge in [0.15, 0.2) is 11.5 Å². The van der Waals surface area contributed by atoms with Crippen LogP contribution >= 0.6 is 15.9 Å². The fraction of sp³-hybridized carbons (Fsp3) is 0.130. The molecule has 0 fully saturated rings. The molecule has 0 aliphatic heterocycles. The third-order valence-electron chi connectivity index (χ3n) is 10.2. The van der Waals surface area contributed by atoms with Crippen LogP contribution < -0.4 is 16.8 Å². The number of H-pyrrole nitrogens is 1. The Bertz CT molecular complexity index is 2510. The Balaban J connectivity index is 1.20. The summed E-state index contributed by atoms with van der Waals surface area (Å²) in [4.78, 5) is 50.7. The van der Waals surface area contributed by atoms with Gasteiger partial charge in [-0.2, -0.15) is 0 Å². The number of hydrogen-bond acceptors (Lipinski definition) is 9. The summed E-state index contributed by atoms with van der Waals surface area (Å²) in [7, 11) is 0. The number of nitrogens with two attached hydrogens (primary N) is 2. The molecule has 2 heterocycles. The number of aromatic nitrogens is 3. The van der Waals surface area contributed by atoms with Crippen molar-refractivity contribution in [2.75, 3.05) is 6.54 Å². The molecule has 0 saturated carbocycles. The molecular weight excluding hydrogens is 810 g/mol. The topological polar surface area (TPSA) is 193 Å². The number of phenolic OH excluding ortho intramolecular Hbond substituents is 2. The number of amides is 3. The van der Waals surface area contributed by atoms with E-state index < -0.39 is 47.6 Å². The predicted octanol–water partition coefficient (Wildman–Crippen LogP) is 5.96. The summed E-state index contributed by atoms with van der Waals surface area (Å²) in [6, 6.07) is 36.8. The number of imidazole rings is 1. The van der Waals surface area contributed by atoms with E-state index in [0.29, 0.717) is 16.2 Å². The summed E-state index contributed by atoms with van der Waals surface area (Å²) >= 11 is 3.47. The second kappa shape index (κ2) is 17.8. The van der Waals surface area contributed by atoms with Crippen molar-refractivity contribution >= 4 is 50.6 Å². The Labute approximate surface area is 349 Å². The van der Waals surface area contributed by atoms with Crippen molar-refractivity contribution in [1.82, 2.24) is 24.8 Å². The van der Waals surface area contributed by atoms with Crippen molar-refractivity contribution in [3.05, 3.63) is 190 Å². The summed E-state index contributed by atoms with van der Waals surface area (Å²) in [6.07, 6.45) is 8.22. The Morgan fingerprint density at radius 3 is 1.98 bits per heavy atom. The number of aromatic hydroxyl groups is 2. The minimum atomic E-state index is -1.38. The fourth-order valence-corrected chi connectivity index (χ4v) is 7.76. The highest BCUT2D eigenvalue weighted by Gasteiger charge is 2.41. The predicted molar refractivity (Wildman–Crippen MR) is 230 cm³/mol. The van der Waals surface area contributed by atoms with Crippen LogP contribution in [-0.2, 0) is 32.8 Å². The standard InChI is InChI=1S/C46H42BrN7O5/c47-35-17-18-37-31(26-52-40(37)24-35)20-21-50-28-43(57)54(44(58)38(48)22-30-16-19-41(55)42(56)23-30)45(59)39(49)25-36-27-51-29-53(36)46(32-10-4-1-5-11-32,33-12-6-2-7-13-33)34-14-8-3-9-15-34/h1-21,23-24,26-27,29,38-39,50,52,55-56H,22,25,28,48-49H2/b21-20-/t38-,39-/m0/s1. The van der Waals surface area contributed by atoms with E-state index in [1.807, 2.05) is 120 Å². The van der Waals surface area contributed by atoms with E-state index in [0.717, 1.165) is 37.6 Å². The molecule has 0 unspecified atom stereocenters. The average molecular weight is 853 g/mol. The van der Waals surface area contributed by atoms with Crippen LogP contribution in [0.2, 0.25) is 0 Å². The van der Waals surface area contributed by atoms with Gasteiger partial charge in [-0.15, -0.1) is 0 Å². The van der Waals surface area contributed by atoms with Crippen LogP contribution in [0.1, 0.15) is 33.5 Å². The van der Waals surface area contributed by atoms with Crippen LogP contribution in [0.4, 0.5) is 0 Å². The van der Waals surface area contributed by atoms with Crippen molar-refractivity contribution in [1.29, 1.82) is 0 Å². The van der Waals surface area contributed by atoms with Gasteiger partial charge in [0, 0.05) is 45.4 Å². The molecule has 5 aromatic carbocycles. The molecule has 12 nitrogen and oxygen atoms in total. The molecule has 3 amide bonds. The molecule has 7 rings (SSSR count). The lowest BCUT2D eigenvalue weighted by Crippen LogP contribution is -2.57. The molecule has 0 spiro atoms. The van der Waals surface area contributed by atoms with E-state index in [9.17, 15) is 24.6 Å². The molecule has 0 saturated heterocycles. The van der Waals surface area contributed by atoms with Crippen molar-refractivity contribution in [2.24, 2.45) is 11.5 Å². The van der Waals surface area contributed by atoms with Crippen molar-refractivity contribution < 1.29 is 24.6 Å². The highest BCUT2D eigenvalue weighted by Crippen LogP contribution is 2.41. The number of halogens is 1. The summed E-state index contributed by atoms with van der Waals surface area (Å²) in [5.41, 5.74) is 17.6. The SMILES string of the molecule is N[C@@H](Cc1ccc(O)c(O)c1)C(=O)N(C(=O)CN/C=C\c1c[nH]c2cc(Br)ccc12)C(=O)[C@@H](N)Cc1cncn1C(c1ccccc1)(c1ccccc1)c1ccccc1. The Kier molecular flexibility index (Phi) is 12.2. The third kappa shape index (κ3) is 8.44. The lowest BCUT2D eigenvalue weighted by atomic mass is 9.76. The number of hydrogen-bond donors (Lipinski definition) is 6. The number of carbonyl (C=O) groups is 3. The minimum absolute atomic E-state index is 0.102. The highest BCUT2D eigenvalue weighted by atomic mass is 79.9. The van der Waals surface area contributed by atoms with Crippen molar-refractivity contribution in [3.63, 3.8) is 0 Å². The number of carbonyl (C=O) groups excluding carboxylic acids is 3. The van der Waals surface area contributed by atoms with Gasteiger partial charge >= 0.3 is 0 Å². The van der Waals surface area contributed by atoms with Gasteiger partial charge in [0.1, 0.15) is 5.54 Å². The number of phenols is 2. The molecule has 0 aliphatic carbocycles. The molecule has 8 N–H and O–H groups in total. The zero-order valence-corrected chi connectivity index (χ0v) is 33.4. The fourth-order valence-electron chi connectivity index (χ4n) is 7.40. The lowest BCUT2D eigenvalue weighted by Gasteiger charge is -2.39. The second-order valence-electron chi connectivity index (χ2n) is 14.1. The molecule has 13 heteroatoms. The largest absolute Gasteiger partial charge is 0.504 e. The maximum atomic E-state index is 14.4. The average Bonchev–Trinajstić information content (AvgIpc) is 3.89. The minimum Gasteiger partial charge on any atom is -0.504 e. The molecule has 59 heavy (non-hydrogen) atoms. The van der Waals surface area contributed by atoms with Gasteiger partial charge in [-0.25, -0.2) is 9.88 Å². The van der Waals surface area contributed by atoms with Gasteiger partial charge in [-0.05, 0) is 65.2 Å². The maximum absolute atomic E-state index is 14.4. The van der Waals surface area contributed by atoms with E-state index >= 15 is 0 Å². The lowest BCUT2D eigenvalue weighted by molar-refractivity contribution is -0.155. The second-order valence-corrected chi connectivity index (χ2v) is 15.0. The molecule has 0 radical (unpaired) electrons. The van der Waals surface area contributed by atoms with Gasteiger partial charge in [-0.3, -0.25) is 14.4 Å². The number of imide groups is 3. The number of rotatable bonds is 14. The first-order valence-corrected chi connectivity index (χ1v) is 19.6. The monoisotopic (exact) mass is 851 g/mol. The van der Waals surface area contributed by atoms with Crippen molar-refractivity contribution in [3.8, 4) is 11.5 Å². The van der Waals surface area contributed by atoms with E-state index in [-0.39, 0.29) is 18.6 Å². The van der Waals surface area contributed by atoms with Crippen LogP contribution in [-0.4, -0.2) is 66.0 Å². The zero-order valence-electron chi connectivity index (χ0n) is 31.8. The molecular formula is C46H42BrN7O5. The maximum Gasteiger partial charge on any atom is 0.255 e. The quantitative estimate of drug-likeness (QED) is 0.0566. The van der Waals surface area contributed by atoms with Gasteiger partial charge in [0.2, 0.25) is 0 Å². The van der Waals surface area contributed by atoms with Gasteiger partial charge in [-0.1, -0.05) is 119 Å². The Morgan fingerprint density at radius 2 is 1.39 bits per heavy atom. The van der Waals surface area contributed by atoms with E-state index in [1.54, 1.807) is 24.8 Å². The Morgan fingerprint density at radius 1 is 0.797 bits per heavy atom. The van der Waals surface area contributed by atoms with Crippen LogP contribution in [0.5, 0.6) is 11.5 Å². The number of nitrogens with zero attached hydrogens (tertiary/aromatic N) is 3. The molecule has 298 valence electrons. The van der Waals surface area contributed by atoms with Crippen LogP contribution in [0.15, 0.2) is 157 Å². The van der Waals surface area contributed by atoms with E-state index in [4.69, 9.17) is 11.5 Å². The first-order valence-electron chi connectivity index (χ1n) is 18.9. The highest BCUT2D eigenvalue weighted by molar-refractivity contribution is 9.10. The first-order chi connectivity index (χ1) is 28.6. The summed E-state index contributed by atoms with van der Waals surface area (Å²) < 4.78 is 2.90. The van der Waals surface area contributed by atoms with Crippen LogP contribution in [0.25, 0.3) is 17.0 Å². The molecule has 2 atom stereocenters. The third-order valence-corrected chi connectivity index (χ3v) is 10.7. The number of nitrogens with one attached hydrogen (secondary N) is 2. The Hall–Kier alpha value is -6.80. The van der Waals surface area contributed by atoms with Crippen molar-refractivity contribution in [2.45, 2.75) is 30.5 Å². The molecule has 0 aliphatic rings. The van der Waals surface area contributed by atoms with Gasteiger partial charge in [0.05, 0.1) is 25.0 Å². The normalized spacial score (nSPS) is 12.7. The number of fused-ring (bicyclic) bond motifs is 1. The molecule has 2 aromatic heterocycles. The van der Waals surface area contributed by atoms with E-state index in [2.05, 4.69) is 31.2 Å². The number of benzene rings is 5. The summed E-state index contributed by atoms with van der Waals surface area (Å²) in [6.45, 7) is -0.432. The van der Waals surface area contributed by atoms with Gasteiger partial charge < -0.3 is 36.5 Å². The van der Waals surface area contributed by atoms with Gasteiger partial charge in [0.25, 0.3) is 17.7 Å². The van der Waals surface area contributed by atoms with E-state index in [1.165, 1.54) is 18.2 Å². The molecule has 7 aromatic rings. The van der Waals surface area contributed by atoms with Crippen LogP contribution in [0, 0.1) is 0 Å². The first kappa shape index (κ1) is 40.4. The summed E-state index contributed by atoms with van der Waals surface area (Å²) in [5.74, 6) is -3.54. The zero-order chi connectivity index (χ0) is 41.5. The number of aromatic amines is 1. The smallest absolute Gasteiger partial charge is 0.255 e. The van der Waals surface area contributed by atoms with Crippen LogP contribution in [0.3, 0.4) is 0 Å². The summed E-state index contributed by atoms with van der Waals surface area (Å²) in [5, 5.41) is 23.7. The molecule has 0 bridgehead atoms.